The van der Waals surface area contributed by atoms with Crippen molar-refractivity contribution in [1.82, 2.24) is 9.71 Å². The van der Waals surface area contributed by atoms with Crippen molar-refractivity contribution in [2.24, 2.45) is 0 Å². The first-order valence-corrected chi connectivity index (χ1v) is 7.33. The second-order valence-electron chi connectivity index (χ2n) is 3.78. The van der Waals surface area contributed by atoms with Gasteiger partial charge in [-0.2, -0.15) is 0 Å². The molecule has 0 bridgehead atoms. The monoisotopic (exact) mass is 273 g/mol. The average Bonchev–Trinajstić information content (AvgIpc) is 2.34. The van der Waals surface area contributed by atoms with E-state index in [1.807, 2.05) is 6.92 Å². The van der Waals surface area contributed by atoms with Crippen molar-refractivity contribution in [3.05, 3.63) is 18.5 Å². The molecule has 0 aliphatic carbocycles. The fourth-order valence-corrected chi connectivity index (χ4v) is 2.47. The van der Waals surface area contributed by atoms with Crippen LogP contribution in [0.3, 0.4) is 0 Å². The lowest BCUT2D eigenvalue weighted by molar-refractivity contribution is 0.133. The minimum atomic E-state index is -3.58. The summed E-state index contributed by atoms with van der Waals surface area (Å²) < 4.78 is 31.5. The second kappa shape index (κ2) is 7.30. The lowest BCUT2D eigenvalue weighted by Crippen LogP contribution is -2.26. The molecule has 0 fully saturated rings. The molecular weight excluding hydrogens is 254 g/mol. The van der Waals surface area contributed by atoms with Crippen LogP contribution in [0.2, 0.25) is 0 Å². The molecule has 1 heterocycles. The summed E-state index contributed by atoms with van der Waals surface area (Å²) in [6.45, 7) is 3.58. The molecule has 1 aromatic rings. The van der Waals surface area contributed by atoms with Crippen LogP contribution in [0.15, 0.2) is 23.4 Å². The highest BCUT2D eigenvalue weighted by Crippen LogP contribution is 2.14. The van der Waals surface area contributed by atoms with Gasteiger partial charge in [0, 0.05) is 32.2 Å². The summed E-state index contributed by atoms with van der Waals surface area (Å²) in [4.78, 5) is 3.77. The number of hydrogen-bond donors (Lipinski definition) is 2. The van der Waals surface area contributed by atoms with Gasteiger partial charge in [-0.3, -0.25) is 4.98 Å². The van der Waals surface area contributed by atoms with Gasteiger partial charge in [-0.25, -0.2) is 13.1 Å². The molecule has 6 nitrogen and oxygen atoms in total. The van der Waals surface area contributed by atoms with Crippen LogP contribution in [-0.4, -0.2) is 33.2 Å². The molecule has 18 heavy (non-hydrogen) atoms. The van der Waals surface area contributed by atoms with Gasteiger partial charge < -0.3 is 10.5 Å². The molecule has 0 aliphatic heterocycles. The standard InChI is InChI=1S/C11H19N3O3S/c1-2-7-17-8-3-5-14-18(15,16)11-9-13-6-4-10(11)12/h4,6,9,14H,2-3,5,7-8H2,1H3,(H2,12,13). The normalized spacial score (nSPS) is 11.6. The molecule has 0 saturated carbocycles. The molecule has 1 aromatic heterocycles. The fraction of sp³-hybridized carbons (Fsp3) is 0.545. The quantitative estimate of drug-likeness (QED) is 0.682. The number of sulfonamides is 1. The van der Waals surface area contributed by atoms with Crippen LogP contribution in [0.1, 0.15) is 19.8 Å². The van der Waals surface area contributed by atoms with Crippen LogP contribution < -0.4 is 10.5 Å². The van der Waals surface area contributed by atoms with E-state index in [4.69, 9.17) is 10.5 Å². The third-order valence-electron chi connectivity index (χ3n) is 2.21. The highest BCUT2D eigenvalue weighted by Gasteiger charge is 2.16. The van der Waals surface area contributed by atoms with Crippen LogP contribution in [0.5, 0.6) is 0 Å². The molecular formula is C11H19N3O3S. The number of rotatable bonds is 8. The van der Waals surface area contributed by atoms with Gasteiger partial charge in [-0.15, -0.1) is 0 Å². The Morgan fingerprint density at radius 1 is 1.44 bits per heavy atom. The van der Waals surface area contributed by atoms with Gasteiger partial charge in [0.05, 0.1) is 5.69 Å². The fourth-order valence-electron chi connectivity index (χ4n) is 1.32. The highest BCUT2D eigenvalue weighted by molar-refractivity contribution is 7.89. The Morgan fingerprint density at radius 2 is 2.22 bits per heavy atom. The summed E-state index contributed by atoms with van der Waals surface area (Å²) in [5, 5.41) is 0. The third kappa shape index (κ3) is 4.59. The minimum absolute atomic E-state index is 0.0134. The molecule has 0 aliphatic rings. The van der Waals surface area contributed by atoms with E-state index in [2.05, 4.69) is 9.71 Å². The highest BCUT2D eigenvalue weighted by atomic mass is 32.2. The smallest absolute Gasteiger partial charge is 0.244 e. The van der Waals surface area contributed by atoms with E-state index in [1.54, 1.807) is 0 Å². The number of nitrogens with zero attached hydrogens (tertiary/aromatic N) is 1. The van der Waals surface area contributed by atoms with Crippen molar-refractivity contribution in [2.75, 3.05) is 25.5 Å². The molecule has 3 N–H and O–H groups in total. The van der Waals surface area contributed by atoms with Gasteiger partial charge >= 0.3 is 0 Å². The van der Waals surface area contributed by atoms with E-state index in [1.165, 1.54) is 18.5 Å². The van der Waals surface area contributed by atoms with Crippen molar-refractivity contribution in [3.8, 4) is 0 Å². The lowest BCUT2D eigenvalue weighted by atomic mass is 10.4. The molecule has 7 heteroatoms. The SMILES string of the molecule is CCCOCCCNS(=O)(=O)c1cnccc1N. The number of pyridine rings is 1. The summed E-state index contributed by atoms with van der Waals surface area (Å²) in [6, 6.07) is 1.46. The zero-order valence-corrected chi connectivity index (χ0v) is 11.2. The third-order valence-corrected chi connectivity index (χ3v) is 3.72. The number of aromatic nitrogens is 1. The van der Waals surface area contributed by atoms with Crippen molar-refractivity contribution < 1.29 is 13.2 Å². The van der Waals surface area contributed by atoms with Crippen LogP contribution in [0, 0.1) is 0 Å². The summed E-state index contributed by atoms with van der Waals surface area (Å²) >= 11 is 0. The van der Waals surface area contributed by atoms with Crippen LogP contribution >= 0.6 is 0 Å². The molecule has 0 saturated heterocycles. The first-order valence-electron chi connectivity index (χ1n) is 5.85. The first kappa shape index (κ1) is 14.9. The molecule has 0 unspecified atom stereocenters. The Labute approximate surface area is 108 Å². The van der Waals surface area contributed by atoms with Crippen LogP contribution in [-0.2, 0) is 14.8 Å². The van der Waals surface area contributed by atoms with Crippen molar-refractivity contribution >= 4 is 15.7 Å². The van der Waals surface area contributed by atoms with Gasteiger partial charge in [0.15, 0.2) is 0 Å². The van der Waals surface area contributed by atoms with E-state index in [-0.39, 0.29) is 10.6 Å². The molecule has 0 atom stereocenters. The molecule has 102 valence electrons. The second-order valence-corrected chi connectivity index (χ2v) is 5.51. The molecule has 0 spiro atoms. The predicted molar refractivity (Wildman–Crippen MR) is 69.6 cm³/mol. The largest absolute Gasteiger partial charge is 0.398 e. The Balaban J connectivity index is 2.44. The molecule has 0 aromatic carbocycles. The number of hydrogen-bond acceptors (Lipinski definition) is 5. The maximum atomic E-state index is 11.9. The van der Waals surface area contributed by atoms with Crippen LogP contribution in [0.25, 0.3) is 0 Å². The Bertz CT molecular complexity index is 462. The van der Waals surface area contributed by atoms with Gasteiger partial charge in [-0.1, -0.05) is 6.92 Å². The lowest BCUT2D eigenvalue weighted by Gasteiger charge is -2.08. The van der Waals surface area contributed by atoms with E-state index in [0.29, 0.717) is 26.2 Å². The topological polar surface area (TPSA) is 94.3 Å². The first-order chi connectivity index (χ1) is 8.58. The summed E-state index contributed by atoms with van der Waals surface area (Å²) in [7, 11) is -3.58. The van der Waals surface area contributed by atoms with Gasteiger partial charge in [0.2, 0.25) is 10.0 Å². The summed E-state index contributed by atoms with van der Waals surface area (Å²) in [5.74, 6) is 0. The zero-order chi connectivity index (χ0) is 13.4. The average molecular weight is 273 g/mol. The Morgan fingerprint density at radius 3 is 2.89 bits per heavy atom. The number of nitrogen functional groups attached to an aromatic ring is 1. The van der Waals surface area contributed by atoms with E-state index in [9.17, 15) is 8.42 Å². The number of anilines is 1. The molecule has 1 rings (SSSR count). The molecule has 0 radical (unpaired) electrons. The predicted octanol–water partition coefficient (Wildman–Crippen LogP) is 0.759. The summed E-state index contributed by atoms with van der Waals surface area (Å²) in [6.07, 6.45) is 4.27. The Kier molecular flexibility index (Phi) is 6.03. The van der Waals surface area contributed by atoms with Gasteiger partial charge in [0.25, 0.3) is 0 Å². The van der Waals surface area contributed by atoms with E-state index < -0.39 is 10.0 Å². The van der Waals surface area contributed by atoms with Crippen molar-refractivity contribution in [2.45, 2.75) is 24.7 Å². The van der Waals surface area contributed by atoms with Gasteiger partial charge in [0.1, 0.15) is 4.90 Å². The van der Waals surface area contributed by atoms with E-state index in [0.717, 1.165) is 6.42 Å². The van der Waals surface area contributed by atoms with Gasteiger partial charge in [-0.05, 0) is 18.9 Å². The maximum Gasteiger partial charge on any atom is 0.244 e. The number of nitrogens with two attached hydrogens (primary N) is 1. The molecule has 0 amide bonds. The minimum Gasteiger partial charge on any atom is -0.398 e. The maximum absolute atomic E-state index is 11.9. The number of ether oxygens (including phenoxy) is 1. The zero-order valence-electron chi connectivity index (χ0n) is 10.4. The van der Waals surface area contributed by atoms with Crippen molar-refractivity contribution in [3.63, 3.8) is 0 Å². The number of nitrogens with one attached hydrogen (secondary N) is 1. The Hall–Kier alpha value is -1.18. The summed E-state index contributed by atoms with van der Waals surface area (Å²) in [5.41, 5.74) is 5.79. The van der Waals surface area contributed by atoms with E-state index >= 15 is 0 Å². The van der Waals surface area contributed by atoms with Crippen molar-refractivity contribution in [1.29, 1.82) is 0 Å². The van der Waals surface area contributed by atoms with Crippen LogP contribution in [0.4, 0.5) is 5.69 Å².